The first-order valence-corrected chi connectivity index (χ1v) is 7.55. The van der Waals surface area contributed by atoms with E-state index in [0.717, 1.165) is 5.56 Å². The Balaban J connectivity index is 1.63. The minimum absolute atomic E-state index is 0.000569. The van der Waals surface area contributed by atoms with Crippen molar-refractivity contribution < 1.29 is 14.1 Å². The van der Waals surface area contributed by atoms with Crippen molar-refractivity contribution in [1.29, 1.82) is 0 Å². The number of carbonyl (C=O) groups is 2. The maximum absolute atomic E-state index is 12.0. The smallest absolute Gasteiger partial charge is 0.274 e. The topological polar surface area (TPSA) is 101 Å². The number of rotatable bonds is 4. The average Bonchev–Trinajstić information content (AvgIpc) is 3.00. The van der Waals surface area contributed by atoms with Crippen molar-refractivity contribution in [3.8, 4) is 0 Å². The van der Waals surface area contributed by atoms with Gasteiger partial charge in [-0.05, 0) is 19.1 Å². The molecular weight excluding hydrogens is 310 g/mol. The Bertz CT molecular complexity index is 794. The number of nitrogens with one attached hydrogen (secondary N) is 1. The van der Waals surface area contributed by atoms with E-state index in [4.69, 9.17) is 4.52 Å². The van der Waals surface area contributed by atoms with Crippen LogP contribution in [0.2, 0.25) is 0 Å². The van der Waals surface area contributed by atoms with Gasteiger partial charge in [-0.3, -0.25) is 9.59 Å². The monoisotopic (exact) mass is 327 g/mol. The molecule has 0 saturated heterocycles. The third kappa shape index (κ3) is 3.65. The van der Waals surface area contributed by atoms with E-state index in [1.165, 1.54) is 5.01 Å². The molecule has 2 amide bonds. The van der Waals surface area contributed by atoms with Gasteiger partial charge in [-0.1, -0.05) is 22.9 Å². The highest BCUT2D eigenvalue weighted by Gasteiger charge is 2.22. The summed E-state index contributed by atoms with van der Waals surface area (Å²) in [5.74, 6) is 0.226. The predicted octanol–water partition coefficient (Wildman–Crippen LogP) is 1.52. The van der Waals surface area contributed by atoms with Crippen molar-refractivity contribution in [2.75, 3.05) is 12.4 Å². The molecule has 0 aliphatic carbocycles. The molecule has 3 rings (SSSR count). The van der Waals surface area contributed by atoms with Gasteiger partial charge in [0.1, 0.15) is 5.71 Å². The zero-order chi connectivity index (χ0) is 17.1. The van der Waals surface area contributed by atoms with E-state index in [2.05, 4.69) is 20.6 Å². The molecule has 8 heteroatoms. The Kier molecular flexibility index (Phi) is 4.37. The van der Waals surface area contributed by atoms with E-state index in [-0.39, 0.29) is 30.0 Å². The molecule has 1 aromatic heterocycles. The largest absolute Gasteiger partial charge is 0.333 e. The maximum atomic E-state index is 12.0. The van der Waals surface area contributed by atoms with E-state index in [1.54, 1.807) is 7.05 Å². The molecule has 1 aliphatic rings. The van der Waals surface area contributed by atoms with Crippen molar-refractivity contribution >= 4 is 23.2 Å². The molecule has 0 spiro atoms. The standard InChI is InChI=1S/C16H17N5O3/c1-10-3-5-11(6-4-10)17-14(22)9-13-18-16(24-20-13)12-7-8-15(23)21(2)19-12/h3-6H,7-9H2,1-2H3,(H,17,22). The average molecular weight is 327 g/mol. The van der Waals surface area contributed by atoms with Gasteiger partial charge in [0, 0.05) is 25.6 Å². The quantitative estimate of drug-likeness (QED) is 0.917. The van der Waals surface area contributed by atoms with Crippen LogP contribution in [0.4, 0.5) is 5.69 Å². The molecule has 8 nitrogen and oxygen atoms in total. The van der Waals surface area contributed by atoms with E-state index in [9.17, 15) is 9.59 Å². The molecule has 1 N–H and O–H groups in total. The summed E-state index contributed by atoms with van der Waals surface area (Å²) >= 11 is 0. The van der Waals surface area contributed by atoms with Gasteiger partial charge in [0.05, 0.1) is 6.42 Å². The molecular formula is C16H17N5O3. The predicted molar refractivity (Wildman–Crippen MR) is 86.4 cm³/mol. The summed E-state index contributed by atoms with van der Waals surface area (Å²) in [6, 6.07) is 7.50. The molecule has 0 fully saturated rings. The summed E-state index contributed by atoms with van der Waals surface area (Å²) in [4.78, 5) is 27.6. The first-order chi connectivity index (χ1) is 11.5. The van der Waals surface area contributed by atoms with Gasteiger partial charge in [-0.2, -0.15) is 10.1 Å². The number of nitrogens with zero attached hydrogens (tertiary/aromatic N) is 4. The Morgan fingerprint density at radius 2 is 2.04 bits per heavy atom. The van der Waals surface area contributed by atoms with Gasteiger partial charge >= 0.3 is 0 Å². The van der Waals surface area contributed by atoms with Gasteiger partial charge in [0.15, 0.2) is 5.82 Å². The summed E-state index contributed by atoms with van der Waals surface area (Å²) in [5.41, 5.74) is 2.38. The zero-order valence-corrected chi connectivity index (χ0v) is 13.4. The number of anilines is 1. The number of aromatic nitrogens is 2. The number of hydrazone groups is 1. The molecule has 0 radical (unpaired) electrons. The fraction of sp³-hybridized carbons (Fsp3) is 0.312. The van der Waals surface area contributed by atoms with Crippen molar-refractivity contribution in [3.63, 3.8) is 0 Å². The van der Waals surface area contributed by atoms with E-state index < -0.39 is 0 Å². The van der Waals surface area contributed by atoms with Crippen LogP contribution in [0.25, 0.3) is 0 Å². The van der Waals surface area contributed by atoms with Crippen LogP contribution >= 0.6 is 0 Å². The van der Waals surface area contributed by atoms with Crippen LogP contribution in [0.5, 0.6) is 0 Å². The van der Waals surface area contributed by atoms with Crippen molar-refractivity contribution in [1.82, 2.24) is 15.1 Å². The van der Waals surface area contributed by atoms with E-state index in [0.29, 0.717) is 24.2 Å². The highest BCUT2D eigenvalue weighted by Crippen LogP contribution is 2.13. The summed E-state index contributed by atoms with van der Waals surface area (Å²) < 4.78 is 5.14. The lowest BCUT2D eigenvalue weighted by Gasteiger charge is -2.17. The second-order valence-electron chi connectivity index (χ2n) is 5.57. The fourth-order valence-electron chi connectivity index (χ4n) is 2.25. The molecule has 2 aromatic rings. The number of carbonyl (C=O) groups excluding carboxylic acids is 2. The van der Waals surface area contributed by atoms with Crippen LogP contribution in [0.1, 0.15) is 30.1 Å². The number of aryl methyl sites for hydroxylation is 1. The molecule has 0 unspecified atom stereocenters. The number of hydrogen-bond acceptors (Lipinski definition) is 6. The SMILES string of the molecule is Cc1ccc(NC(=O)Cc2noc(C3=NN(C)C(=O)CC3)n2)cc1. The summed E-state index contributed by atoms with van der Waals surface area (Å²) in [5, 5.41) is 11.9. The lowest BCUT2D eigenvalue weighted by molar-refractivity contribution is -0.130. The van der Waals surface area contributed by atoms with Crippen LogP contribution in [0, 0.1) is 6.92 Å². The molecule has 24 heavy (non-hydrogen) atoms. The number of benzene rings is 1. The van der Waals surface area contributed by atoms with Crippen LogP contribution in [0.3, 0.4) is 0 Å². The molecule has 0 saturated carbocycles. The molecule has 0 bridgehead atoms. The second-order valence-corrected chi connectivity index (χ2v) is 5.57. The first kappa shape index (κ1) is 15.9. The van der Waals surface area contributed by atoms with Crippen molar-refractivity contribution in [2.24, 2.45) is 5.10 Å². The van der Waals surface area contributed by atoms with Crippen LogP contribution in [-0.2, 0) is 16.0 Å². The highest BCUT2D eigenvalue weighted by atomic mass is 16.5. The Labute approximate surface area is 138 Å². The molecule has 1 aromatic carbocycles. The maximum Gasteiger partial charge on any atom is 0.274 e. The Hall–Kier alpha value is -3.03. The third-order valence-corrected chi connectivity index (χ3v) is 3.58. The highest BCUT2D eigenvalue weighted by molar-refractivity contribution is 6.01. The van der Waals surface area contributed by atoms with Crippen LogP contribution < -0.4 is 5.32 Å². The fourth-order valence-corrected chi connectivity index (χ4v) is 2.25. The molecule has 124 valence electrons. The lowest BCUT2D eigenvalue weighted by Crippen LogP contribution is -2.28. The number of hydrogen-bond donors (Lipinski definition) is 1. The summed E-state index contributed by atoms with van der Waals surface area (Å²) in [7, 11) is 1.58. The normalized spacial score (nSPS) is 14.5. The minimum Gasteiger partial charge on any atom is -0.333 e. The Morgan fingerprint density at radius 1 is 1.29 bits per heavy atom. The first-order valence-electron chi connectivity index (χ1n) is 7.55. The lowest BCUT2D eigenvalue weighted by atomic mass is 10.2. The summed E-state index contributed by atoms with van der Waals surface area (Å²) in [6.45, 7) is 1.98. The van der Waals surface area contributed by atoms with Crippen molar-refractivity contribution in [3.05, 3.63) is 41.5 Å². The minimum atomic E-state index is -0.232. The van der Waals surface area contributed by atoms with Gasteiger partial charge in [-0.15, -0.1) is 0 Å². The number of amides is 2. The Morgan fingerprint density at radius 3 is 2.75 bits per heavy atom. The second kappa shape index (κ2) is 6.61. The molecule has 1 aliphatic heterocycles. The van der Waals surface area contributed by atoms with Gasteiger partial charge < -0.3 is 9.84 Å². The summed E-state index contributed by atoms with van der Waals surface area (Å²) in [6.07, 6.45) is 0.792. The molecule has 2 heterocycles. The zero-order valence-electron chi connectivity index (χ0n) is 13.4. The molecule has 0 atom stereocenters. The van der Waals surface area contributed by atoms with Crippen LogP contribution in [-0.4, -0.2) is 39.7 Å². The van der Waals surface area contributed by atoms with E-state index in [1.807, 2.05) is 31.2 Å². The van der Waals surface area contributed by atoms with E-state index >= 15 is 0 Å². The third-order valence-electron chi connectivity index (χ3n) is 3.58. The van der Waals surface area contributed by atoms with Gasteiger partial charge in [-0.25, -0.2) is 5.01 Å². The van der Waals surface area contributed by atoms with Crippen LogP contribution in [0.15, 0.2) is 33.9 Å². The van der Waals surface area contributed by atoms with Gasteiger partial charge in [0.2, 0.25) is 11.8 Å². The van der Waals surface area contributed by atoms with Gasteiger partial charge in [0.25, 0.3) is 5.89 Å². The van der Waals surface area contributed by atoms with Crippen molar-refractivity contribution in [2.45, 2.75) is 26.2 Å².